The van der Waals surface area contributed by atoms with Gasteiger partial charge in [-0.15, -0.1) is 5.73 Å². The number of nitrogens with two attached hydrogens (primary N) is 1. The van der Waals surface area contributed by atoms with Gasteiger partial charge in [0.05, 0.1) is 6.92 Å². The Balaban J connectivity index is 2.80. The van der Waals surface area contributed by atoms with Crippen molar-refractivity contribution in [2.24, 2.45) is 0 Å². The second-order valence-electron chi connectivity index (χ2n) is 0.611. The molecule has 1 amide bonds. The number of hydrogen-bond acceptors (Lipinski definition) is 1. The average molecular weight is 59.1 g/mol. The van der Waals surface area contributed by atoms with Crippen LogP contribution in [0.2, 0.25) is 0 Å². The van der Waals surface area contributed by atoms with Crippen LogP contribution in [0.15, 0.2) is 0 Å². The fourth-order valence-electron chi connectivity index (χ4n) is 0. The Morgan fingerprint density at radius 1 is 2.00 bits per heavy atom. The summed E-state index contributed by atoms with van der Waals surface area (Å²) in [6, 6.07) is 0. The molecule has 0 atom stereocenters. The molecule has 2 heteroatoms. The summed E-state index contributed by atoms with van der Waals surface area (Å²) in [4.78, 5) is 9.22. The van der Waals surface area contributed by atoms with E-state index in [1.165, 1.54) is 6.92 Å². The molecule has 0 saturated carbocycles. The molecule has 23 valence electrons. The molecule has 0 heterocycles. The lowest BCUT2D eigenvalue weighted by atomic mass is 10.8. The number of rotatable bonds is 0. The van der Waals surface area contributed by atoms with Crippen LogP contribution in [-0.2, 0) is 4.79 Å². The van der Waals surface area contributed by atoms with Crippen molar-refractivity contribution in [1.82, 2.24) is 0 Å². The van der Waals surface area contributed by atoms with Gasteiger partial charge in [-0.25, -0.2) is 4.79 Å². The number of carbonyl (C=O) groups is 1. The van der Waals surface area contributed by atoms with E-state index in [-0.39, 0.29) is 5.91 Å². The largest absolute Gasteiger partial charge is 0.354 e. The molecule has 0 aliphatic carbocycles. The van der Waals surface area contributed by atoms with Gasteiger partial charge in [0.2, 0.25) is 0 Å². The predicted molar refractivity (Wildman–Crippen MR) is 12.6 cm³/mol. The van der Waals surface area contributed by atoms with E-state index in [1.54, 1.807) is 0 Å². The monoisotopic (exact) mass is 59.0 g/mol. The highest BCUT2D eigenvalue weighted by Gasteiger charge is 1.74. The van der Waals surface area contributed by atoms with Crippen molar-refractivity contribution in [1.29, 1.82) is 0 Å². The topological polar surface area (TPSA) is 42.4 Å². The standard InChI is InChI=1S/C2H5NO/c1-2(3)4/h3H2,1H3/q+1. The Labute approximate surface area is 24.6 Å². The summed E-state index contributed by atoms with van der Waals surface area (Å²) < 4.78 is 0. The van der Waals surface area contributed by atoms with Crippen LogP contribution in [0.25, 0.3) is 0 Å². The van der Waals surface area contributed by atoms with E-state index in [9.17, 15) is 4.79 Å². The van der Waals surface area contributed by atoms with Gasteiger partial charge in [0.1, 0.15) is 0 Å². The third-order valence-corrected chi connectivity index (χ3v) is 0. The molecule has 0 aromatic rings. The average Bonchev–Trinajstić information content (AvgIpc) is 0.811. The Bertz CT molecular complexity index is 29.0. The smallest absolute Gasteiger partial charge is 0.226 e. The summed E-state index contributed by atoms with van der Waals surface area (Å²) in [6.07, 6.45) is 0. The van der Waals surface area contributed by atoms with E-state index in [0.717, 1.165) is 0 Å². The molecule has 0 aliphatic rings. The first kappa shape index (κ1) is 3.63. The van der Waals surface area contributed by atoms with Crippen molar-refractivity contribution in [2.45, 2.75) is 6.92 Å². The second-order valence-corrected chi connectivity index (χ2v) is 0.611. The maximum Gasteiger partial charge on any atom is 0.354 e. The highest BCUT2D eigenvalue weighted by molar-refractivity contribution is 5.60. The van der Waals surface area contributed by atoms with E-state index < -0.39 is 0 Å². The molecule has 1 radical (unpaired) electrons. The summed E-state index contributed by atoms with van der Waals surface area (Å²) >= 11 is 0. The zero-order valence-electron chi connectivity index (χ0n) is 2.49. The van der Waals surface area contributed by atoms with E-state index >= 15 is 0 Å². The van der Waals surface area contributed by atoms with E-state index in [4.69, 9.17) is 0 Å². The zero-order chi connectivity index (χ0) is 3.58. The van der Waals surface area contributed by atoms with Crippen molar-refractivity contribution in [3.63, 3.8) is 0 Å². The highest BCUT2D eigenvalue weighted by atomic mass is 16.1. The summed E-state index contributed by atoms with van der Waals surface area (Å²) in [7, 11) is 0. The first-order valence-electron chi connectivity index (χ1n) is 0.993. The van der Waals surface area contributed by atoms with E-state index in [2.05, 4.69) is 5.73 Å². The number of carbonyl (C=O) groups excluding carboxylic acids is 1. The lowest BCUT2D eigenvalue weighted by Crippen LogP contribution is -2.54. The molecule has 2 N–H and O–H groups in total. The summed E-state index contributed by atoms with van der Waals surface area (Å²) in [5.74, 6) is -0.333. The molecule has 0 unspecified atom stereocenters. The van der Waals surface area contributed by atoms with Crippen LogP contribution in [0.3, 0.4) is 0 Å². The van der Waals surface area contributed by atoms with Gasteiger partial charge in [0.15, 0.2) is 0 Å². The Kier molecular flexibility index (Phi) is 0.917. The lowest BCUT2D eigenvalue weighted by Gasteiger charge is -1.46. The molecule has 0 aromatic heterocycles. The van der Waals surface area contributed by atoms with Gasteiger partial charge in [-0.3, -0.25) is 0 Å². The van der Waals surface area contributed by atoms with Gasteiger partial charge in [0.25, 0.3) is 0 Å². The van der Waals surface area contributed by atoms with E-state index in [0.29, 0.717) is 0 Å². The minimum Gasteiger partial charge on any atom is -0.226 e. The van der Waals surface area contributed by atoms with Crippen LogP contribution in [0.1, 0.15) is 6.92 Å². The summed E-state index contributed by atoms with van der Waals surface area (Å²) in [6.45, 7) is 1.31. The molecule has 0 saturated heterocycles. The second kappa shape index (κ2) is 1.01. The fraction of sp³-hybridized carbons (Fsp3) is 0.500. The van der Waals surface area contributed by atoms with Crippen LogP contribution >= 0.6 is 0 Å². The summed E-state index contributed by atoms with van der Waals surface area (Å²) in [5, 5.41) is 0. The number of primary amides is 1. The van der Waals surface area contributed by atoms with Gasteiger partial charge < -0.3 is 0 Å². The molecule has 0 fully saturated rings. The molecule has 0 rings (SSSR count). The number of amides is 1. The molecular formula is C2H5NO+. The van der Waals surface area contributed by atoms with Crippen molar-refractivity contribution >= 4 is 5.91 Å². The van der Waals surface area contributed by atoms with Crippen LogP contribution < -0.4 is 5.73 Å². The van der Waals surface area contributed by atoms with Gasteiger partial charge in [0, 0.05) is 0 Å². The fourth-order valence-corrected chi connectivity index (χ4v) is 0. The van der Waals surface area contributed by atoms with Crippen molar-refractivity contribution < 1.29 is 10.5 Å². The van der Waals surface area contributed by atoms with Crippen molar-refractivity contribution in [2.75, 3.05) is 0 Å². The van der Waals surface area contributed by atoms with Crippen LogP contribution in [-0.4, -0.2) is 5.91 Å². The maximum atomic E-state index is 9.22. The first-order chi connectivity index (χ1) is 1.73. The normalized spacial score (nSPS) is 6.50. The SMILES string of the molecule is CC([NH2+])=O. The molecule has 0 bridgehead atoms. The van der Waals surface area contributed by atoms with Gasteiger partial charge >= 0.3 is 5.91 Å². The van der Waals surface area contributed by atoms with Gasteiger partial charge in [-0.2, -0.15) is 0 Å². The molecule has 0 aliphatic heterocycles. The van der Waals surface area contributed by atoms with Gasteiger partial charge in [-0.05, 0) is 0 Å². The van der Waals surface area contributed by atoms with E-state index in [1.807, 2.05) is 0 Å². The molecule has 4 heavy (non-hydrogen) atoms. The number of hydrogen-bond donors (Lipinski definition) is 1. The van der Waals surface area contributed by atoms with Gasteiger partial charge in [-0.1, -0.05) is 0 Å². The maximum absolute atomic E-state index is 9.22. The Morgan fingerprint density at radius 3 is 2.00 bits per heavy atom. The van der Waals surface area contributed by atoms with Crippen LogP contribution in [0.4, 0.5) is 0 Å². The van der Waals surface area contributed by atoms with Crippen LogP contribution in [0.5, 0.6) is 0 Å². The van der Waals surface area contributed by atoms with Crippen molar-refractivity contribution in [3.05, 3.63) is 0 Å². The molecule has 0 spiro atoms. The Morgan fingerprint density at radius 2 is 2.00 bits per heavy atom. The third-order valence-electron chi connectivity index (χ3n) is 0. The quantitative estimate of drug-likeness (QED) is 0.365. The Hall–Kier alpha value is -0.370. The highest BCUT2D eigenvalue weighted by Crippen LogP contribution is 1.27. The molecule has 0 aromatic carbocycles. The third kappa shape index (κ3) is 4.73. The van der Waals surface area contributed by atoms with Crippen molar-refractivity contribution in [3.8, 4) is 0 Å². The zero-order valence-corrected chi connectivity index (χ0v) is 2.49. The predicted octanol–water partition coefficient (Wildman–Crippen LogP) is -1.44. The molecule has 2 nitrogen and oxygen atoms in total. The molecular weight excluding hydrogens is 54.0 g/mol. The minimum atomic E-state index is -0.333. The minimum absolute atomic E-state index is 0.333. The van der Waals surface area contributed by atoms with Crippen LogP contribution in [0, 0.1) is 0 Å². The first-order valence-corrected chi connectivity index (χ1v) is 0.993. The lowest BCUT2D eigenvalue weighted by molar-refractivity contribution is -0.302. The summed E-state index contributed by atoms with van der Waals surface area (Å²) in [5.41, 5.74) is 4.47.